The fourth-order valence-corrected chi connectivity index (χ4v) is 1.98. The molecule has 0 aromatic carbocycles. The Labute approximate surface area is 98.1 Å². The third-order valence-corrected chi connectivity index (χ3v) is 2.82. The average molecular weight is 241 g/mol. The van der Waals surface area contributed by atoms with Crippen molar-refractivity contribution in [3.05, 3.63) is 11.8 Å². The fraction of sp³-hybridized carbons (Fsp3) is 0.700. The number of carboxylic acids is 1. The Morgan fingerprint density at radius 2 is 2.24 bits per heavy atom. The van der Waals surface area contributed by atoms with Gasteiger partial charge < -0.3 is 14.6 Å². The molecule has 0 saturated carbocycles. The second-order valence-electron chi connectivity index (χ2n) is 4.12. The third kappa shape index (κ3) is 2.62. The number of carboxylic acid groups (broad SMARTS) is 1. The minimum atomic E-state index is -0.934. The van der Waals surface area contributed by atoms with E-state index in [9.17, 15) is 9.90 Å². The summed E-state index contributed by atoms with van der Waals surface area (Å²) in [6.07, 6.45) is 0.284. The minimum absolute atomic E-state index is 0.240. The molecule has 0 aliphatic carbocycles. The molecule has 7 heteroatoms. The lowest BCUT2D eigenvalue weighted by atomic mass is 10.2. The maximum atomic E-state index is 11.0. The summed E-state index contributed by atoms with van der Waals surface area (Å²) >= 11 is 0. The molecule has 2 unspecified atom stereocenters. The van der Waals surface area contributed by atoms with Crippen molar-refractivity contribution >= 4 is 5.97 Å². The number of rotatable bonds is 4. The van der Waals surface area contributed by atoms with E-state index in [4.69, 9.17) is 9.52 Å². The molecule has 2 N–H and O–H groups in total. The number of nitrogens with zero attached hydrogens (tertiary/aromatic N) is 3. The zero-order chi connectivity index (χ0) is 12.4. The van der Waals surface area contributed by atoms with Crippen LogP contribution in [0.1, 0.15) is 25.1 Å². The summed E-state index contributed by atoms with van der Waals surface area (Å²) in [5, 5.41) is 26.1. The molecule has 7 nitrogen and oxygen atoms in total. The zero-order valence-electron chi connectivity index (χ0n) is 9.54. The Bertz CT molecular complexity index is 406. The highest BCUT2D eigenvalue weighted by Crippen LogP contribution is 2.20. The van der Waals surface area contributed by atoms with E-state index >= 15 is 0 Å². The lowest BCUT2D eigenvalue weighted by molar-refractivity contribution is -0.142. The van der Waals surface area contributed by atoms with Gasteiger partial charge in [-0.2, -0.15) is 0 Å². The molecule has 1 aliphatic rings. The third-order valence-electron chi connectivity index (χ3n) is 2.82. The molecule has 1 aliphatic heterocycles. The van der Waals surface area contributed by atoms with Crippen molar-refractivity contribution in [1.29, 1.82) is 0 Å². The van der Waals surface area contributed by atoms with Crippen LogP contribution in [0.25, 0.3) is 0 Å². The van der Waals surface area contributed by atoms with Gasteiger partial charge in [-0.15, -0.1) is 10.2 Å². The van der Waals surface area contributed by atoms with Crippen LogP contribution < -0.4 is 0 Å². The summed E-state index contributed by atoms with van der Waals surface area (Å²) in [4.78, 5) is 12.6. The Balaban J connectivity index is 2.04. The summed E-state index contributed by atoms with van der Waals surface area (Å²) in [6, 6.07) is -0.679. The predicted octanol–water partition coefficient (Wildman–Crippen LogP) is -0.348. The Hall–Kier alpha value is -1.47. The van der Waals surface area contributed by atoms with E-state index in [0.717, 1.165) is 0 Å². The number of aromatic nitrogens is 2. The van der Waals surface area contributed by atoms with Gasteiger partial charge >= 0.3 is 5.97 Å². The van der Waals surface area contributed by atoms with Crippen LogP contribution in [0.4, 0.5) is 0 Å². The molecule has 0 bridgehead atoms. The van der Waals surface area contributed by atoms with Crippen molar-refractivity contribution < 1.29 is 19.4 Å². The average Bonchev–Trinajstić information content (AvgIpc) is 2.85. The van der Waals surface area contributed by atoms with E-state index in [0.29, 0.717) is 24.7 Å². The SMILES string of the molecule is CCc1nnc(CN2CC(O)CC2C(=O)O)o1. The molecule has 0 amide bonds. The van der Waals surface area contributed by atoms with Crippen molar-refractivity contribution in [1.82, 2.24) is 15.1 Å². The summed E-state index contributed by atoms with van der Waals surface area (Å²) in [5.74, 6) is -0.00870. The molecule has 2 rings (SSSR count). The second-order valence-corrected chi connectivity index (χ2v) is 4.12. The predicted molar refractivity (Wildman–Crippen MR) is 56.1 cm³/mol. The van der Waals surface area contributed by atoms with Crippen molar-refractivity contribution in [3.8, 4) is 0 Å². The fourth-order valence-electron chi connectivity index (χ4n) is 1.98. The Morgan fingerprint density at radius 3 is 2.82 bits per heavy atom. The number of aliphatic hydroxyl groups is 1. The van der Waals surface area contributed by atoms with Gasteiger partial charge in [0.15, 0.2) is 0 Å². The van der Waals surface area contributed by atoms with Crippen LogP contribution in [0, 0.1) is 0 Å². The number of likely N-dealkylation sites (tertiary alicyclic amines) is 1. The maximum absolute atomic E-state index is 11.0. The van der Waals surface area contributed by atoms with Crippen LogP contribution in [0.2, 0.25) is 0 Å². The van der Waals surface area contributed by atoms with Gasteiger partial charge in [0, 0.05) is 19.4 Å². The van der Waals surface area contributed by atoms with Crippen molar-refractivity contribution in [2.24, 2.45) is 0 Å². The highest BCUT2D eigenvalue weighted by Gasteiger charge is 2.36. The number of carbonyl (C=O) groups is 1. The second kappa shape index (κ2) is 4.80. The molecule has 1 fully saturated rings. The largest absolute Gasteiger partial charge is 0.480 e. The van der Waals surface area contributed by atoms with Gasteiger partial charge in [0.1, 0.15) is 6.04 Å². The summed E-state index contributed by atoms with van der Waals surface area (Å²) in [7, 11) is 0. The highest BCUT2D eigenvalue weighted by molar-refractivity contribution is 5.73. The molecule has 1 aromatic rings. The summed E-state index contributed by atoms with van der Waals surface area (Å²) in [6.45, 7) is 2.48. The van der Waals surface area contributed by atoms with Crippen LogP contribution in [0.15, 0.2) is 4.42 Å². The maximum Gasteiger partial charge on any atom is 0.321 e. The zero-order valence-corrected chi connectivity index (χ0v) is 9.54. The summed E-state index contributed by atoms with van der Waals surface area (Å²) < 4.78 is 5.32. The van der Waals surface area contributed by atoms with Crippen molar-refractivity contribution in [2.45, 2.75) is 38.5 Å². The molecule has 17 heavy (non-hydrogen) atoms. The van der Waals surface area contributed by atoms with Crippen molar-refractivity contribution in [3.63, 3.8) is 0 Å². The number of hydrogen-bond donors (Lipinski definition) is 2. The number of β-amino-alcohol motifs (C(OH)–C–C–N with tert-alkyl or cyclic N) is 1. The Morgan fingerprint density at radius 1 is 1.53 bits per heavy atom. The van der Waals surface area contributed by atoms with E-state index < -0.39 is 18.1 Å². The molecule has 0 spiro atoms. The van der Waals surface area contributed by atoms with E-state index in [-0.39, 0.29) is 13.0 Å². The number of aliphatic carboxylic acids is 1. The summed E-state index contributed by atoms with van der Waals surface area (Å²) in [5.41, 5.74) is 0. The van der Waals surface area contributed by atoms with Gasteiger partial charge in [-0.1, -0.05) is 6.92 Å². The first-order chi connectivity index (χ1) is 8.10. The van der Waals surface area contributed by atoms with Gasteiger partial charge in [0.25, 0.3) is 0 Å². The minimum Gasteiger partial charge on any atom is -0.480 e. The smallest absolute Gasteiger partial charge is 0.321 e. The molecule has 0 radical (unpaired) electrons. The molecular weight excluding hydrogens is 226 g/mol. The number of hydrogen-bond acceptors (Lipinski definition) is 6. The quantitative estimate of drug-likeness (QED) is 0.743. The first kappa shape index (κ1) is 12.0. The van der Waals surface area contributed by atoms with Gasteiger partial charge in [-0.3, -0.25) is 9.69 Å². The monoisotopic (exact) mass is 241 g/mol. The lowest BCUT2D eigenvalue weighted by Gasteiger charge is -2.18. The van der Waals surface area contributed by atoms with E-state index in [1.807, 2.05) is 6.92 Å². The number of aliphatic hydroxyl groups excluding tert-OH is 1. The van der Waals surface area contributed by atoms with Crippen LogP contribution in [-0.2, 0) is 17.8 Å². The normalized spacial score (nSPS) is 25.3. The van der Waals surface area contributed by atoms with Crippen LogP contribution in [0.3, 0.4) is 0 Å². The first-order valence-corrected chi connectivity index (χ1v) is 5.56. The van der Waals surface area contributed by atoms with Gasteiger partial charge in [0.2, 0.25) is 11.8 Å². The van der Waals surface area contributed by atoms with Crippen LogP contribution >= 0.6 is 0 Å². The highest BCUT2D eigenvalue weighted by atomic mass is 16.4. The van der Waals surface area contributed by atoms with E-state index in [1.54, 1.807) is 4.90 Å². The molecule has 2 heterocycles. The van der Waals surface area contributed by atoms with Crippen molar-refractivity contribution in [2.75, 3.05) is 6.54 Å². The molecule has 1 aromatic heterocycles. The van der Waals surface area contributed by atoms with Crippen LogP contribution in [-0.4, -0.2) is 50.0 Å². The van der Waals surface area contributed by atoms with Gasteiger partial charge in [0.05, 0.1) is 12.6 Å². The van der Waals surface area contributed by atoms with Gasteiger partial charge in [-0.25, -0.2) is 0 Å². The van der Waals surface area contributed by atoms with E-state index in [1.165, 1.54) is 0 Å². The molecular formula is C10H15N3O4. The first-order valence-electron chi connectivity index (χ1n) is 5.56. The van der Waals surface area contributed by atoms with E-state index in [2.05, 4.69) is 10.2 Å². The lowest BCUT2D eigenvalue weighted by Crippen LogP contribution is -2.35. The molecule has 94 valence electrons. The number of aryl methyl sites for hydroxylation is 1. The molecule has 2 atom stereocenters. The van der Waals surface area contributed by atoms with Gasteiger partial charge in [-0.05, 0) is 0 Å². The Kier molecular flexibility index (Phi) is 3.39. The topological polar surface area (TPSA) is 99.7 Å². The standard InChI is InChI=1S/C10H15N3O4/c1-2-8-11-12-9(17-8)5-13-4-6(14)3-7(13)10(15)16/h6-7,14H,2-5H2,1H3,(H,15,16). The molecule has 1 saturated heterocycles. The van der Waals surface area contributed by atoms with Crippen LogP contribution in [0.5, 0.6) is 0 Å².